The zero-order chi connectivity index (χ0) is 20.7. The Balaban J connectivity index is 1.56. The van der Waals surface area contributed by atoms with E-state index in [1.165, 1.54) is 12.3 Å². The van der Waals surface area contributed by atoms with Crippen LogP contribution in [0.2, 0.25) is 5.02 Å². The average molecular weight is 424 g/mol. The summed E-state index contributed by atoms with van der Waals surface area (Å²) in [5.41, 5.74) is 2.86. The van der Waals surface area contributed by atoms with Crippen LogP contribution in [0.25, 0.3) is 11.3 Å². The summed E-state index contributed by atoms with van der Waals surface area (Å²) < 4.78 is 13.5. The van der Waals surface area contributed by atoms with Gasteiger partial charge in [0.1, 0.15) is 5.82 Å². The predicted molar refractivity (Wildman–Crippen MR) is 116 cm³/mol. The van der Waals surface area contributed by atoms with Crippen LogP contribution in [0.1, 0.15) is 12.8 Å². The lowest BCUT2D eigenvalue weighted by atomic mass is 10.1. The fraction of sp³-hybridized carbons (Fsp3) is 0.227. The van der Waals surface area contributed by atoms with Crippen LogP contribution < -0.4 is 15.1 Å². The first-order valence-corrected chi connectivity index (χ1v) is 10.2. The average Bonchev–Trinajstić information content (AvgIpc) is 2.99. The SMILES string of the molecule is O=C(Nc1cncc(F)c1)N1c2nc(-c3cccc(Cl)c3)ccc2N2CCC1CC2. The van der Waals surface area contributed by atoms with Crippen molar-refractivity contribution in [1.29, 1.82) is 0 Å². The molecular weight excluding hydrogens is 405 g/mol. The molecular formula is C22H19ClFN5O. The van der Waals surface area contributed by atoms with E-state index in [9.17, 15) is 9.18 Å². The molecule has 152 valence electrons. The standard InChI is InChI=1S/C22H19ClFN5O/c23-15-3-1-2-14(10-15)19-4-5-20-21(27-19)29(18-6-8-28(20)9-7-18)22(30)26-17-11-16(24)12-25-13-17/h1-5,10-13,18H,6-9H2,(H,26,30). The number of fused-ring (bicyclic) bond motifs is 2. The lowest BCUT2D eigenvalue weighted by Crippen LogP contribution is -2.46. The van der Waals surface area contributed by atoms with Gasteiger partial charge in [-0.1, -0.05) is 23.7 Å². The Kier molecular flexibility index (Phi) is 4.75. The summed E-state index contributed by atoms with van der Waals surface area (Å²) >= 11 is 6.16. The van der Waals surface area contributed by atoms with Gasteiger partial charge in [0.05, 0.1) is 29.5 Å². The number of urea groups is 1. The van der Waals surface area contributed by atoms with Crippen LogP contribution in [0.5, 0.6) is 0 Å². The Hall–Kier alpha value is -3.19. The van der Waals surface area contributed by atoms with Crippen LogP contribution in [0.15, 0.2) is 54.9 Å². The van der Waals surface area contributed by atoms with E-state index in [1.807, 2.05) is 36.4 Å². The number of benzene rings is 1. The molecule has 6 nitrogen and oxygen atoms in total. The van der Waals surface area contributed by atoms with Crippen LogP contribution in [0.4, 0.5) is 26.4 Å². The van der Waals surface area contributed by atoms with E-state index in [0.717, 1.165) is 49.1 Å². The smallest absolute Gasteiger partial charge is 0.327 e. The summed E-state index contributed by atoms with van der Waals surface area (Å²) in [5.74, 6) is 0.104. The Morgan fingerprint density at radius 2 is 1.97 bits per heavy atom. The van der Waals surface area contributed by atoms with Crippen molar-refractivity contribution in [3.8, 4) is 11.3 Å². The first-order valence-electron chi connectivity index (χ1n) is 9.81. The highest BCUT2D eigenvalue weighted by molar-refractivity contribution is 6.30. The molecule has 30 heavy (non-hydrogen) atoms. The maximum Gasteiger partial charge on any atom is 0.327 e. The third-order valence-corrected chi connectivity index (χ3v) is 5.78. The Morgan fingerprint density at radius 1 is 1.13 bits per heavy atom. The number of hydrogen-bond acceptors (Lipinski definition) is 4. The van der Waals surface area contributed by atoms with Crippen molar-refractivity contribution in [2.75, 3.05) is 28.2 Å². The molecule has 2 aromatic heterocycles. The van der Waals surface area contributed by atoms with Crippen molar-refractivity contribution in [3.05, 3.63) is 65.7 Å². The van der Waals surface area contributed by atoms with Gasteiger partial charge in [-0.15, -0.1) is 0 Å². The van der Waals surface area contributed by atoms with Gasteiger partial charge in [-0.25, -0.2) is 14.2 Å². The van der Waals surface area contributed by atoms with E-state index in [4.69, 9.17) is 16.6 Å². The van der Waals surface area contributed by atoms with Crippen LogP contribution in [-0.2, 0) is 0 Å². The lowest BCUT2D eigenvalue weighted by Gasteiger charge is -2.31. The first kappa shape index (κ1) is 18.8. The molecule has 3 aliphatic heterocycles. The number of pyridine rings is 2. The molecule has 0 radical (unpaired) electrons. The molecule has 0 spiro atoms. The quantitative estimate of drug-likeness (QED) is 0.633. The summed E-state index contributed by atoms with van der Waals surface area (Å²) in [6.07, 6.45) is 4.22. The fourth-order valence-corrected chi connectivity index (χ4v) is 4.33. The lowest BCUT2D eigenvalue weighted by molar-refractivity contribution is 0.253. The van der Waals surface area contributed by atoms with Crippen molar-refractivity contribution in [2.45, 2.75) is 18.9 Å². The topological polar surface area (TPSA) is 61.4 Å². The van der Waals surface area contributed by atoms with E-state index < -0.39 is 5.82 Å². The number of nitrogens with zero attached hydrogens (tertiary/aromatic N) is 4. The van der Waals surface area contributed by atoms with Gasteiger partial charge in [0, 0.05) is 35.8 Å². The zero-order valence-corrected chi connectivity index (χ0v) is 16.8. The van der Waals surface area contributed by atoms with Gasteiger partial charge in [-0.3, -0.25) is 9.88 Å². The number of carbonyl (C=O) groups excluding carboxylic acids is 1. The van der Waals surface area contributed by atoms with Gasteiger partial charge in [0.15, 0.2) is 5.82 Å². The molecule has 1 N–H and O–H groups in total. The number of amides is 2. The number of hydrogen-bond donors (Lipinski definition) is 1. The Labute approximate surface area is 178 Å². The number of piperidine rings is 1. The van der Waals surface area contributed by atoms with Gasteiger partial charge >= 0.3 is 6.03 Å². The molecule has 1 fully saturated rings. The number of nitrogens with one attached hydrogen (secondary N) is 1. The van der Waals surface area contributed by atoms with E-state index in [-0.39, 0.29) is 12.1 Å². The summed E-state index contributed by atoms with van der Waals surface area (Å²) in [4.78, 5) is 25.9. The van der Waals surface area contributed by atoms with Crippen LogP contribution in [0.3, 0.4) is 0 Å². The number of carbonyl (C=O) groups is 1. The largest absolute Gasteiger partial charge is 0.368 e. The molecule has 0 aliphatic carbocycles. The van der Waals surface area contributed by atoms with Crippen molar-refractivity contribution >= 4 is 34.8 Å². The monoisotopic (exact) mass is 423 g/mol. The van der Waals surface area contributed by atoms with E-state index in [1.54, 1.807) is 4.90 Å². The number of halogens is 2. The van der Waals surface area contributed by atoms with Gasteiger partial charge in [-0.2, -0.15) is 0 Å². The van der Waals surface area contributed by atoms with Crippen LogP contribution in [-0.4, -0.2) is 35.1 Å². The molecule has 0 unspecified atom stereocenters. The molecule has 3 aromatic rings. The molecule has 0 atom stereocenters. The summed E-state index contributed by atoms with van der Waals surface area (Å²) in [7, 11) is 0. The number of rotatable bonds is 2. The van der Waals surface area contributed by atoms with Crippen molar-refractivity contribution in [2.24, 2.45) is 0 Å². The van der Waals surface area contributed by atoms with Gasteiger partial charge in [0.2, 0.25) is 0 Å². The highest BCUT2D eigenvalue weighted by Crippen LogP contribution is 2.39. The molecule has 1 aromatic carbocycles. The van der Waals surface area contributed by atoms with Gasteiger partial charge < -0.3 is 10.2 Å². The molecule has 0 saturated carbocycles. The maximum atomic E-state index is 13.5. The normalized spacial score (nSPS) is 15.7. The van der Waals surface area contributed by atoms with Crippen LogP contribution >= 0.6 is 11.6 Å². The maximum absolute atomic E-state index is 13.5. The Morgan fingerprint density at radius 3 is 2.73 bits per heavy atom. The van der Waals surface area contributed by atoms with E-state index in [0.29, 0.717) is 16.5 Å². The molecule has 8 heteroatoms. The van der Waals surface area contributed by atoms with Crippen molar-refractivity contribution in [3.63, 3.8) is 0 Å². The zero-order valence-electron chi connectivity index (χ0n) is 16.1. The number of aromatic nitrogens is 2. The van der Waals surface area contributed by atoms with E-state index >= 15 is 0 Å². The fourth-order valence-electron chi connectivity index (χ4n) is 4.14. The minimum atomic E-state index is -0.502. The third kappa shape index (κ3) is 3.45. The highest BCUT2D eigenvalue weighted by Gasteiger charge is 2.37. The molecule has 2 bridgehead atoms. The molecule has 3 aliphatic rings. The second-order valence-electron chi connectivity index (χ2n) is 7.46. The Bertz CT molecular complexity index is 1120. The summed E-state index contributed by atoms with van der Waals surface area (Å²) in [6, 6.07) is 12.4. The first-order chi connectivity index (χ1) is 14.6. The predicted octanol–water partition coefficient (Wildman–Crippen LogP) is 4.96. The molecule has 1 saturated heterocycles. The minimum Gasteiger partial charge on any atom is -0.368 e. The van der Waals surface area contributed by atoms with Crippen LogP contribution in [0, 0.1) is 5.82 Å². The van der Waals surface area contributed by atoms with Crippen molar-refractivity contribution < 1.29 is 9.18 Å². The van der Waals surface area contributed by atoms with Crippen molar-refractivity contribution in [1.82, 2.24) is 9.97 Å². The molecule has 5 heterocycles. The second-order valence-corrected chi connectivity index (χ2v) is 7.90. The van der Waals surface area contributed by atoms with Gasteiger partial charge in [0.25, 0.3) is 0 Å². The molecule has 6 rings (SSSR count). The number of anilines is 3. The van der Waals surface area contributed by atoms with Gasteiger partial charge in [-0.05, 0) is 37.1 Å². The van der Waals surface area contributed by atoms with E-state index in [2.05, 4.69) is 15.2 Å². The summed E-state index contributed by atoms with van der Waals surface area (Å²) in [5, 5.41) is 3.40. The summed E-state index contributed by atoms with van der Waals surface area (Å²) in [6.45, 7) is 1.72. The third-order valence-electron chi connectivity index (χ3n) is 5.55. The molecule has 2 amide bonds. The second kappa shape index (κ2) is 7.57. The minimum absolute atomic E-state index is 0.0196. The highest BCUT2D eigenvalue weighted by atomic mass is 35.5.